The molecule has 1 aliphatic rings. The first-order valence-corrected chi connectivity index (χ1v) is 9.19. The molecular weight excluding hydrogens is 364 g/mol. The molecule has 2 aromatic rings. The molecule has 2 N–H and O–H groups in total. The summed E-state index contributed by atoms with van der Waals surface area (Å²) in [7, 11) is 0. The number of aliphatic hydroxyl groups is 1. The predicted molar refractivity (Wildman–Crippen MR) is 103 cm³/mol. The summed E-state index contributed by atoms with van der Waals surface area (Å²) in [4.78, 5) is 19.2. The molecule has 0 aliphatic carbocycles. The molecule has 1 amide bonds. The summed E-state index contributed by atoms with van der Waals surface area (Å²) in [5.41, 5.74) is 0.997. The van der Waals surface area contributed by atoms with Crippen LogP contribution in [-0.4, -0.2) is 42.2 Å². The quantitative estimate of drug-likeness (QED) is 0.714. The molecular formula is C20H21ClN4O2. The van der Waals surface area contributed by atoms with Crippen LogP contribution in [0.15, 0.2) is 42.6 Å². The van der Waals surface area contributed by atoms with E-state index in [0.29, 0.717) is 43.1 Å². The molecule has 27 heavy (non-hydrogen) atoms. The zero-order valence-electron chi connectivity index (χ0n) is 14.9. The van der Waals surface area contributed by atoms with Gasteiger partial charge in [0.1, 0.15) is 11.9 Å². The van der Waals surface area contributed by atoms with Crippen molar-refractivity contribution < 1.29 is 9.90 Å². The number of rotatable bonds is 7. The molecule has 6 nitrogen and oxygen atoms in total. The Kier molecular flexibility index (Phi) is 5.94. The fraction of sp³-hybridized carbons (Fsp3) is 0.350. The minimum Gasteiger partial charge on any atom is -0.396 e. The van der Waals surface area contributed by atoms with Crippen LogP contribution in [0.3, 0.4) is 0 Å². The SMILES string of the molecule is N#Cc1ccc(N2CC(Cc3ccc(Cl)cc3)(C(=O)NCCCO)C2)nc1. The molecule has 140 valence electrons. The highest BCUT2D eigenvalue weighted by Crippen LogP contribution is 2.37. The van der Waals surface area contributed by atoms with Crippen LogP contribution < -0.4 is 10.2 Å². The fourth-order valence-electron chi connectivity index (χ4n) is 3.28. The van der Waals surface area contributed by atoms with E-state index in [1.165, 1.54) is 6.20 Å². The number of nitriles is 1. The van der Waals surface area contributed by atoms with E-state index in [4.69, 9.17) is 22.0 Å². The Bertz CT molecular complexity index is 825. The van der Waals surface area contributed by atoms with Gasteiger partial charge in [-0.15, -0.1) is 0 Å². The maximum atomic E-state index is 12.9. The van der Waals surface area contributed by atoms with Crippen LogP contribution in [-0.2, 0) is 11.2 Å². The number of pyridine rings is 1. The van der Waals surface area contributed by atoms with Gasteiger partial charge in [-0.25, -0.2) is 4.98 Å². The molecule has 1 saturated heterocycles. The van der Waals surface area contributed by atoms with E-state index in [-0.39, 0.29) is 12.5 Å². The van der Waals surface area contributed by atoms with Gasteiger partial charge in [0, 0.05) is 37.5 Å². The third-order valence-electron chi connectivity index (χ3n) is 4.75. The van der Waals surface area contributed by atoms with Crippen LogP contribution in [0, 0.1) is 16.7 Å². The van der Waals surface area contributed by atoms with E-state index >= 15 is 0 Å². The fourth-order valence-corrected chi connectivity index (χ4v) is 3.41. The van der Waals surface area contributed by atoms with Gasteiger partial charge in [-0.1, -0.05) is 23.7 Å². The molecule has 1 aromatic carbocycles. The first-order valence-electron chi connectivity index (χ1n) is 8.81. The van der Waals surface area contributed by atoms with Crippen LogP contribution in [0.1, 0.15) is 17.5 Å². The molecule has 2 heterocycles. The average Bonchev–Trinajstić information content (AvgIpc) is 2.66. The van der Waals surface area contributed by atoms with Gasteiger partial charge in [0.05, 0.1) is 11.0 Å². The van der Waals surface area contributed by atoms with Gasteiger partial charge in [0.25, 0.3) is 0 Å². The Morgan fingerprint density at radius 2 is 2.04 bits per heavy atom. The van der Waals surface area contributed by atoms with Gasteiger partial charge in [0.15, 0.2) is 0 Å². The topological polar surface area (TPSA) is 89.2 Å². The zero-order chi connectivity index (χ0) is 19.3. The normalized spacial score (nSPS) is 14.9. The highest BCUT2D eigenvalue weighted by molar-refractivity contribution is 6.30. The average molecular weight is 385 g/mol. The molecule has 1 fully saturated rings. The highest BCUT2D eigenvalue weighted by Gasteiger charge is 2.49. The van der Waals surface area contributed by atoms with E-state index in [9.17, 15) is 4.79 Å². The summed E-state index contributed by atoms with van der Waals surface area (Å²) in [6.45, 7) is 1.58. The summed E-state index contributed by atoms with van der Waals surface area (Å²) < 4.78 is 0. The van der Waals surface area contributed by atoms with Gasteiger partial charge in [-0.05, 0) is 42.7 Å². The van der Waals surface area contributed by atoms with E-state index in [2.05, 4.69) is 16.4 Å². The number of aliphatic hydroxyl groups excluding tert-OH is 1. The van der Waals surface area contributed by atoms with Crippen LogP contribution in [0.25, 0.3) is 0 Å². The summed E-state index contributed by atoms with van der Waals surface area (Å²) >= 11 is 5.96. The summed E-state index contributed by atoms with van der Waals surface area (Å²) in [5.74, 6) is 0.736. The number of amides is 1. The van der Waals surface area contributed by atoms with Gasteiger partial charge in [-0.3, -0.25) is 4.79 Å². The minimum atomic E-state index is -0.557. The van der Waals surface area contributed by atoms with Gasteiger partial charge >= 0.3 is 0 Å². The molecule has 0 saturated carbocycles. The van der Waals surface area contributed by atoms with E-state index < -0.39 is 5.41 Å². The predicted octanol–water partition coefficient (Wildman–Crippen LogP) is 2.15. The summed E-state index contributed by atoms with van der Waals surface area (Å²) in [6.07, 6.45) is 2.67. The number of carbonyl (C=O) groups excluding carboxylic acids is 1. The van der Waals surface area contributed by atoms with Gasteiger partial charge < -0.3 is 15.3 Å². The first kappa shape index (κ1) is 19.2. The molecule has 1 aromatic heterocycles. The van der Waals surface area contributed by atoms with Crippen molar-refractivity contribution in [2.24, 2.45) is 5.41 Å². The number of hydrogen-bond acceptors (Lipinski definition) is 5. The van der Waals surface area contributed by atoms with Crippen molar-refractivity contribution >= 4 is 23.3 Å². The molecule has 0 bridgehead atoms. The molecule has 0 atom stereocenters. The van der Waals surface area contributed by atoms with Crippen LogP contribution >= 0.6 is 11.6 Å². The summed E-state index contributed by atoms with van der Waals surface area (Å²) in [6, 6.07) is 13.1. The number of anilines is 1. The second-order valence-electron chi connectivity index (χ2n) is 6.79. The van der Waals surface area contributed by atoms with Crippen LogP contribution in [0.2, 0.25) is 5.02 Å². The number of aromatic nitrogens is 1. The number of halogens is 1. The van der Waals surface area contributed by atoms with Crippen molar-refractivity contribution in [1.29, 1.82) is 5.26 Å². The molecule has 0 spiro atoms. The Morgan fingerprint density at radius 3 is 2.63 bits per heavy atom. The Hall–Kier alpha value is -2.62. The van der Waals surface area contributed by atoms with Gasteiger partial charge in [0.2, 0.25) is 5.91 Å². The standard InChI is InChI=1S/C20H21ClN4O2/c21-17-5-2-15(3-6-17)10-20(19(27)23-8-1-9-26)13-25(14-20)18-7-4-16(11-22)12-24-18/h2-7,12,26H,1,8-10,13-14H2,(H,23,27). The van der Waals surface area contributed by atoms with Crippen molar-refractivity contribution in [3.05, 3.63) is 58.7 Å². The highest BCUT2D eigenvalue weighted by atomic mass is 35.5. The molecule has 1 aliphatic heterocycles. The molecule has 7 heteroatoms. The smallest absolute Gasteiger partial charge is 0.230 e. The number of nitrogens with zero attached hydrogens (tertiary/aromatic N) is 3. The third kappa shape index (κ3) is 4.38. The third-order valence-corrected chi connectivity index (χ3v) is 5.00. The monoisotopic (exact) mass is 384 g/mol. The van der Waals surface area contributed by atoms with Crippen LogP contribution in [0.5, 0.6) is 0 Å². The number of benzene rings is 1. The summed E-state index contributed by atoms with van der Waals surface area (Å²) in [5, 5.41) is 21.4. The lowest BCUT2D eigenvalue weighted by atomic mass is 9.73. The van der Waals surface area contributed by atoms with E-state index in [0.717, 1.165) is 11.4 Å². The zero-order valence-corrected chi connectivity index (χ0v) is 15.6. The largest absolute Gasteiger partial charge is 0.396 e. The van der Waals surface area contributed by atoms with Crippen LogP contribution in [0.4, 0.5) is 5.82 Å². The van der Waals surface area contributed by atoms with Crippen molar-refractivity contribution in [2.75, 3.05) is 31.1 Å². The molecule has 0 unspecified atom stereocenters. The molecule has 0 radical (unpaired) electrons. The minimum absolute atomic E-state index is 0.0178. The number of hydrogen-bond donors (Lipinski definition) is 2. The van der Waals surface area contributed by atoms with E-state index in [1.54, 1.807) is 12.1 Å². The lowest BCUT2D eigenvalue weighted by molar-refractivity contribution is -0.132. The van der Waals surface area contributed by atoms with Gasteiger partial charge in [-0.2, -0.15) is 5.26 Å². The lowest BCUT2D eigenvalue weighted by Gasteiger charge is -2.49. The lowest BCUT2D eigenvalue weighted by Crippen LogP contribution is -2.64. The number of nitrogens with one attached hydrogen (secondary N) is 1. The maximum absolute atomic E-state index is 12.9. The Labute approximate surface area is 163 Å². The van der Waals surface area contributed by atoms with E-state index in [1.807, 2.05) is 29.2 Å². The Morgan fingerprint density at radius 1 is 1.30 bits per heavy atom. The Balaban J connectivity index is 1.74. The van der Waals surface area contributed by atoms with Crippen molar-refractivity contribution in [2.45, 2.75) is 12.8 Å². The van der Waals surface area contributed by atoms with Crippen molar-refractivity contribution in [1.82, 2.24) is 10.3 Å². The van der Waals surface area contributed by atoms with Crippen molar-refractivity contribution in [3.63, 3.8) is 0 Å². The maximum Gasteiger partial charge on any atom is 0.230 e. The molecule has 3 rings (SSSR count). The second-order valence-corrected chi connectivity index (χ2v) is 7.23. The second kappa shape index (κ2) is 8.38. The van der Waals surface area contributed by atoms with Crippen molar-refractivity contribution in [3.8, 4) is 6.07 Å². The first-order chi connectivity index (χ1) is 13.1. The number of carbonyl (C=O) groups is 1.